The fourth-order valence-electron chi connectivity index (χ4n) is 2.17. The number of aromatic nitrogens is 1. The van der Waals surface area contributed by atoms with Gasteiger partial charge in [0, 0.05) is 12.1 Å². The number of hydrogen-bond acceptors (Lipinski definition) is 4. The molecular formula is C13H21N3O2. The topological polar surface area (TPSA) is 68.1 Å². The Hall–Kier alpha value is -1.65. The molecule has 18 heavy (non-hydrogen) atoms. The third-order valence-electron chi connectivity index (χ3n) is 3.39. The molecule has 0 spiro atoms. The van der Waals surface area contributed by atoms with Gasteiger partial charge in [0.2, 0.25) is 0 Å². The number of rotatable bonds is 6. The molecular weight excluding hydrogens is 230 g/mol. The Morgan fingerprint density at radius 3 is 2.44 bits per heavy atom. The molecule has 0 amide bonds. The molecule has 0 aliphatic rings. The highest BCUT2D eigenvalue weighted by atomic mass is 16.6. The third kappa shape index (κ3) is 3.42. The van der Waals surface area contributed by atoms with Crippen LogP contribution >= 0.6 is 0 Å². The van der Waals surface area contributed by atoms with E-state index < -0.39 is 4.92 Å². The Labute approximate surface area is 108 Å². The van der Waals surface area contributed by atoms with E-state index in [9.17, 15) is 10.1 Å². The molecule has 0 saturated heterocycles. The molecule has 0 aromatic carbocycles. The molecule has 1 atom stereocenters. The van der Waals surface area contributed by atoms with Gasteiger partial charge in [-0.2, -0.15) is 0 Å². The second kappa shape index (κ2) is 6.33. The maximum absolute atomic E-state index is 10.7. The van der Waals surface area contributed by atoms with Crippen LogP contribution in [0.15, 0.2) is 12.1 Å². The van der Waals surface area contributed by atoms with E-state index in [4.69, 9.17) is 0 Å². The van der Waals surface area contributed by atoms with Gasteiger partial charge < -0.3 is 5.32 Å². The number of nitro groups is 1. The molecule has 1 aromatic rings. The Morgan fingerprint density at radius 1 is 1.39 bits per heavy atom. The molecule has 1 rings (SSSR count). The summed E-state index contributed by atoms with van der Waals surface area (Å²) in [5, 5.41) is 14.0. The molecule has 0 bridgehead atoms. The number of nitrogens with zero attached hydrogens (tertiary/aromatic N) is 2. The van der Waals surface area contributed by atoms with Crippen LogP contribution in [0.4, 0.5) is 11.5 Å². The van der Waals surface area contributed by atoms with Crippen molar-refractivity contribution in [2.45, 2.75) is 46.6 Å². The Balaban J connectivity index is 2.80. The number of anilines is 1. The van der Waals surface area contributed by atoms with E-state index >= 15 is 0 Å². The highest BCUT2D eigenvalue weighted by Crippen LogP contribution is 2.21. The highest BCUT2D eigenvalue weighted by molar-refractivity contribution is 5.45. The average Bonchev–Trinajstić information content (AvgIpc) is 2.30. The van der Waals surface area contributed by atoms with E-state index in [1.807, 2.05) is 0 Å². The van der Waals surface area contributed by atoms with Crippen LogP contribution in [0.1, 0.15) is 39.3 Å². The van der Waals surface area contributed by atoms with Crippen LogP contribution < -0.4 is 5.32 Å². The molecule has 1 N–H and O–H groups in total. The van der Waals surface area contributed by atoms with E-state index in [-0.39, 0.29) is 5.69 Å². The quantitative estimate of drug-likeness (QED) is 0.620. The Bertz CT molecular complexity index is 417. The summed E-state index contributed by atoms with van der Waals surface area (Å²) >= 11 is 0. The molecule has 0 fully saturated rings. The van der Waals surface area contributed by atoms with Crippen molar-refractivity contribution in [3.05, 3.63) is 27.9 Å². The summed E-state index contributed by atoms with van der Waals surface area (Å²) in [7, 11) is 0. The van der Waals surface area contributed by atoms with E-state index in [0.717, 1.165) is 12.8 Å². The van der Waals surface area contributed by atoms with Crippen molar-refractivity contribution in [2.24, 2.45) is 5.92 Å². The molecule has 0 radical (unpaired) electrons. The van der Waals surface area contributed by atoms with Crippen molar-refractivity contribution in [3.63, 3.8) is 0 Å². The van der Waals surface area contributed by atoms with Gasteiger partial charge in [-0.15, -0.1) is 0 Å². The van der Waals surface area contributed by atoms with Gasteiger partial charge in [0.05, 0.1) is 4.92 Å². The van der Waals surface area contributed by atoms with Gasteiger partial charge in [-0.1, -0.05) is 26.7 Å². The fourth-order valence-corrected chi connectivity index (χ4v) is 2.17. The maximum Gasteiger partial charge on any atom is 0.290 e. The largest absolute Gasteiger partial charge is 0.367 e. The van der Waals surface area contributed by atoms with E-state index in [1.165, 1.54) is 6.07 Å². The number of aryl methyl sites for hydroxylation is 1. The lowest BCUT2D eigenvalue weighted by Gasteiger charge is -2.23. The summed E-state index contributed by atoms with van der Waals surface area (Å²) in [6.07, 6.45) is 2.22. The zero-order valence-corrected chi connectivity index (χ0v) is 11.4. The zero-order chi connectivity index (χ0) is 13.7. The van der Waals surface area contributed by atoms with Crippen LogP contribution in [-0.2, 0) is 0 Å². The van der Waals surface area contributed by atoms with Crippen LogP contribution in [0.5, 0.6) is 0 Å². The minimum atomic E-state index is -0.406. The highest BCUT2D eigenvalue weighted by Gasteiger charge is 2.16. The van der Waals surface area contributed by atoms with Crippen molar-refractivity contribution < 1.29 is 4.92 Å². The van der Waals surface area contributed by atoms with Crippen LogP contribution in [0.25, 0.3) is 0 Å². The second-order valence-electron chi connectivity index (χ2n) is 4.57. The van der Waals surface area contributed by atoms with Crippen molar-refractivity contribution >= 4 is 11.5 Å². The van der Waals surface area contributed by atoms with Crippen LogP contribution in [0, 0.1) is 23.0 Å². The van der Waals surface area contributed by atoms with Crippen molar-refractivity contribution in [3.8, 4) is 0 Å². The predicted molar refractivity (Wildman–Crippen MR) is 72.8 cm³/mol. The lowest BCUT2D eigenvalue weighted by atomic mass is 9.95. The smallest absolute Gasteiger partial charge is 0.290 e. The van der Waals surface area contributed by atoms with E-state index in [0.29, 0.717) is 23.5 Å². The maximum atomic E-state index is 10.7. The minimum absolute atomic E-state index is 0.0655. The molecule has 0 saturated carbocycles. The number of hydrogen-bond donors (Lipinski definition) is 1. The van der Waals surface area contributed by atoms with Gasteiger partial charge in [-0.25, -0.2) is 4.98 Å². The Morgan fingerprint density at radius 2 is 2.00 bits per heavy atom. The molecule has 5 heteroatoms. The van der Waals surface area contributed by atoms with Gasteiger partial charge in [0.25, 0.3) is 5.69 Å². The van der Waals surface area contributed by atoms with Gasteiger partial charge in [0.1, 0.15) is 11.5 Å². The number of nitrogens with one attached hydrogen (secondary N) is 1. The first-order valence-corrected chi connectivity index (χ1v) is 6.38. The summed E-state index contributed by atoms with van der Waals surface area (Å²) in [5.74, 6) is 1.29. The summed E-state index contributed by atoms with van der Waals surface area (Å²) in [6.45, 7) is 8.11. The lowest BCUT2D eigenvalue weighted by molar-refractivity contribution is -0.385. The first-order chi connectivity index (χ1) is 8.49. The lowest BCUT2D eigenvalue weighted by Crippen LogP contribution is -2.25. The monoisotopic (exact) mass is 251 g/mol. The zero-order valence-electron chi connectivity index (χ0n) is 11.4. The predicted octanol–water partition coefficient (Wildman–Crippen LogP) is 3.53. The first kappa shape index (κ1) is 14.4. The molecule has 1 unspecified atom stereocenters. The normalized spacial score (nSPS) is 12.5. The fraction of sp³-hybridized carbons (Fsp3) is 0.615. The summed E-state index contributed by atoms with van der Waals surface area (Å²) in [5.41, 5.74) is 0.512. The van der Waals surface area contributed by atoms with Gasteiger partial charge >= 0.3 is 0 Å². The molecule has 5 nitrogen and oxygen atoms in total. The first-order valence-electron chi connectivity index (χ1n) is 6.38. The summed E-state index contributed by atoms with van der Waals surface area (Å²) in [4.78, 5) is 14.5. The Kier molecular flexibility index (Phi) is 5.07. The minimum Gasteiger partial charge on any atom is -0.367 e. The SMILES string of the molecule is CCC(CC)C(C)Nc1ccc([N+](=O)[O-])c(C)n1. The third-order valence-corrected chi connectivity index (χ3v) is 3.39. The van der Waals surface area contributed by atoms with Crippen LogP contribution in [0.3, 0.4) is 0 Å². The standard InChI is InChI=1S/C13H21N3O2/c1-5-11(6-2)9(3)14-13-8-7-12(16(17)18)10(4)15-13/h7-9,11H,5-6H2,1-4H3,(H,14,15). The van der Waals surface area contributed by atoms with E-state index in [2.05, 4.69) is 31.1 Å². The van der Waals surface area contributed by atoms with Gasteiger partial charge in [-0.3, -0.25) is 10.1 Å². The van der Waals surface area contributed by atoms with Crippen molar-refractivity contribution in [1.29, 1.82) is 0 Å². The molecule has 0 aliphatic carbocycles. The van der Waals surface area contributed by atoms with Crippen LogP contribution in [-0.4, -0.2) is 15.9 Å². The van der Waals surface area contributed by atoms with Crippen molar-refractivity contribution in [1.82, 2.24) is 4.98 Å². The summed E-state index contributed by atoms with van der Waals surface area (Å²) < 4.78 is 0. The van der Waals surface area contributed by atoms with Crippen molar-refractivity contribution in [2.75, 3.05) is 5.32 Å². The molecule has 1 aromatic heterocycles. The average molecular weight is 251 g/mol. The second-order valence-corrected chi connectivity index (χ2v) is 4.57. The molecule has 1 heterocycles. The molecule has 0 aliphatic heterocycles. The number of pyridine rings is 1. The van der Waals surface area contributed by atoms with E-state index in [1.54, 1.807) is 13.0 Å². The van der Waals surface area contributed by atoms with Gasteiger partial charge in [0.15, 0.2) is 0 Å². The summed E-state index contributed by atoms with van der Waals surface area (Å²) in [6, 6.07) is 3.49. The molecule has 100 valence electrons. The van der Waals surface area contributed by atoms with Gasteiger partial charge in [-0.05, 0) is 25.8 Å². The van der Waals surface area contributed by atoms with Crippen LogP contribution in [0.2, 0.25) is 0 Å².